The second-order valence-corrected chi connectivity index (χ2v) is 6.17. The van der Waals surface area contributed by atoms with Gasteiger partial charge in [-0.05, 0) is 50.4 Å². The van der Waals surface area contributed by atoms with Crippen LogP contribution in [-0.4, -0.2) is 6.04 Å². The topological polar surface area (TPSA) is 26.0 Å². The molecule has 15 heavy (non-hydrogen) atoms. The zero-order valence-electron chi connectivity index (χ0n) is 10.7. The monoisotopic (exact) mass is 209 g/mol. The molecule has 0 saturated heterocycles. The average molecular weight is 209 g/mol. The van der Waals surface area contributed by atoms with E-state index in [1.165, 1.54) is 38.5 Å². The van der Waals surface area contributed by atoms with Crippen molar-refractivity contribution in [3.8, 4) is 0 Å². The van der Waals surface area contributed by atoms with Crippen molar-refractivity contribution in [1.29, 1.82) is 0 Å². The molecule has 0 heterocycles. The SMILES string of the molecule is CC(C)(C)CCC(N)CC1=CCCCC1. The predicted octanol–water partition coefficient (Wildman–Crippen LogP) is 4.03. The van der Waals surface area contributed by atoms with Gasteiger partial charge in [0.25, 0.3) is 0 Å². The third-order valence-electron chi connectivity index (χ3n) is 3.17. The summed E-state index contributed by atoms with van der Waals surface area (Å²) < 4.78 is 0. The molecule has 1 unspecified atom stereocenters. The van der Waals surface area contributed by atoms with Gasteiger partial charge in [-0.15, -0.1) is 0 Å². The van der Waals surface area contributed by atoms with Gasteiger partial charge in [-0.1, -0.05) is 32.4 Å². The lowest BCUT2D eigenvalue weighted by Gasteiger charge is -2.22. The summed E-state index contributed by atoms with van der Waals surface area (Å²) in [6, 6.07) is 0.383. The summed E-state index contributed by atoms with van der Waals surface area (Å²) in [5.74, 6) is 0. The molecule has 88 valence electrons. The van der Waals surface area contributed by atoms with Crippen LogP contribution < -0.4 is 5.73 Å². The van der Waals surface area contributed by atoms with Crippen molar-refractivity contribution in [2.75, 3.05) is 0 Å². The second-order valence-electron chi connectivity index (χ2n) is 6.17. The van der Waals surface area contributed by atoms with Gasteiger partial charge in [0.05, 0.1) is 0 Å². The minimum Gasteiger partial charge on any atom is -0.327 e. The minimum absolute atomic E-state index is 0.383. The van der Waals surface area contributed by atoms with Gasteiger partial charge >= 0.3 is 0 Å². The second kappa shape index (κ2) is 5.69. The van der Waals surface area contributed by atoms with Crippen molar-refractivity contribution in [3.05, 3.63) is 11.6 Å². The molecule has 0 spiro atoms. The number of nitrogens with two attached hydrogens (primary N) is 1. The van der Waals surface area contributed by atoms with Gasteiger partial charge in [0.2, 0.25) is 0 Å². The van der Waals surface area contributed by atoms with Gasteiger partial charge in [0.1, 0.15) is 0 Å². The summed E-state index contributed by atoms with van der Waals surface area (Å²) in [6.45, 7) is 6.87. The Balaban J connectivity index is 2.23. The molecule has 2 N–H and O–H groups in total. The first kappa shape index (κ1) is 12.8. The van der Waals surface area contributed by atoms with E-state index in [0.29, 0.717) is 11.5 Å². The van der Waals surface area contributed by atoms with E-state index < -0.39 is 0 Å². The molecule has 0 radical (unpaired) electrons. The van der Waals surface area contributed by atoms with Gasteiger partial charge in [0.15, 0.2) is 0 Å². The maximum absolute atomic E-state index is 6.17. The van der Waals surface area contributed by atoms with Crippen LogP contribution in [0.5, 0.6) is 0 Å². The van der Waals surface area contributed by atoms with E-state index in [-0.39, 0.29) is 0 Å². The summed E-state index contributed by atoms with van der Waals surface area (Å²) in [4.78, 5) is 0. The summed E-state index contributed by atoms with van der Waals surface area (Å²) >= 11 is 0. The average Bonchev–Trinajstić information content (AvgIpc) is 2.15. The lowest BCUT2D eigenvalue weighted by Crippen LogP contribution is -2.23. The first-order valence-electron chi connectivity index (χ1n) is 6.41. The molecular weight excluding hydrogens is 182 g/mol. The highest BCUT2D eigenvalue weighted by Crippen LogP contribution is 2.25. The highest BCUT2D eigenvalue weighted by Gasteiger charge is 2.14. The van der Waals surface area contributed by atoms with E-state index in [1.54, 1.807) is 5.57 Å². The molecule has 0 aliphatic heterocycles. The normalized spacial score (nSPS) is 19.9. The molecule has 1 nitrogen and oxygen atoms in total. The van der Waals surface area contributed by atoms with Gasteiger partial charge in [0, 0.05) is 6.04 Å². The van der Waals surface area contributed by atoms with Crippen molar-refractivity contribution in [2.24, 2.45) is 11.1 Å². The van der Waals surface area contributed by atoms with Crippen LogP contribution in [-0.2, 0) is 0 Å². The Labute approximate surface area is 95.1 Å². The Hall–Kier alpha value is -0.300. The molecule has 0 aromatic carbocycles. The Morgan fingerprint density at radius 2 is 2.07 bits per heavy atom. The molecule has 1 aliphatic carbocycles. The molecule has 0 amide bonds. The Morgan fingerprint density at radius 3 is 2.60 bits per heavy atom. The van der Waals surface area contributed by atoms with E-state index in [2.05, 4.69) is 26.8 Å². The summed E-state index contributed by atoms with van der Waals surface area (Å²) in [5, 5.41) is 0. The van der Waals surface area contributed by atoms with Gasteiger partial charge in [-0.25, -0.2) is 0 Å². The Bertz CT molecular complexity index is 210. The largest absolute Gasteiger partial charge is 0.327 e. The fraction of sp³-hybridized carbons (Fsp3) is 0.857. The quantitative estimate of drug-likeness (QED) is 0.695. The zero-order valence-corrected chi connectivity index (χ0v) is 10.7. The van der Waals surface area contributed by atoms with Crippen molar-refractivity contribution in [1.82, 2.24) is 0 Å². The van der Waals surface area contributed by atoms with Crippen LogP contribution in [0.25, 0.3) is 0 Å². The smallest absolute Gasteiger partial charge is 0.00762 e. The van der Waals surface area contributed by atoms with E-state index in [4.69, 9.17) is 5.73 Å². The first-order chi connectivity index (χ1) is 6.97. The molecule has 0 fully saturated rings. The Kier molecular flexibility index (Phi) is 4.85. The minimum atomic E-state index is 0.383. The molecule has 0 aromatic heterocycles. The van der Waals surface area contributed by atoms with E-state index in [0.717, 1.165) is 6.42 Å². The van der Waals surface area contributed by atoms with E-state index in [9.17, 15) is 0 Å². The molecule has 0 bridgehead atoms. The molecule has 0 aromatic rings. The van der Waals surface area contributed by atoms with Crippen molar-refractivity contribution < 1.29 is 0 Å². The van der Waals surface area contributed by atoms with Gasteiger partial charge in [-0.3, -0.25) is 0 Å². The van der Waals surface area contributed by atoms with Crippen molar-refractivity contribution in [2.45, 2.75) is 71.8 Å². The maximum Gasteiger partial charge on any atom is 0.00762 e. The summed E-state index contributed by atoms with van der Waals surface area (Å²) in [6.07, 6.45) is 11.3. The van der Waals surface area contributed by atoms with Crippen LogP contribution in [0, 0.1) is 5.41 Å². The van der Waals surface area contributed by atoms with Crippen LogP contribution in [0.3, 0.4) is 0 Å². The fourth-order valence-electron chi connectivity index (χ4n) is 2.15. The lowest BCUT2D eigenvalue weighted by atomic mass is 9.86. The number of rotatable bonds is 4. The number of hydrogen-bond donors (Lipinski definition) is 1. The van der Waals surface area contributed by atoms with Crippen LogP contribution >= 0.6 is 0 Å². The van der Waals surface area contributed by atoms with Crippen LogP contribution in [0.15, 0.2) is 11.6 Å². The van der Waals surface area contributed by atoms with E-state index in [1.807, 2.05) is 0 Å². The fourth-order valence-corrected chi connectivity index (χ4v) is 2.15. The zero-order chi connectivity index (χ0) is 11.3. The summed E-state index contributed by atoms with van der Waals surface area (Å²) in [7, 11) is 0. The van der Waals surface area contributed by atoms with Crippen molar-refractivity contribution in [3.63, 3.8) is 0 Å². The van der Waals surface area contributed by atoms with E-state index >= 15 is 0 Å². The Morgan fingerprint density at radius 1 is 1.33 bits per heavy atom. The van der Waals surface area contributed by atoms with Crippen LogP contribution in [0.2, 0.25) is 0 Å². The highest BCUT2D eigenvalue weighted by atomic mass is 14.6. The molecule has 1 atom stereocenters. The van der Waals surface area contributed by atoms with Gasteiger partial charge in [-0.2, -0.15) is 0 Å². The summed E-state index contributed by atoms with van der Waals surface area (Å²) in [5.41, 5.74) is 8.21. The molecular formula is C14H27N. The number of allylic oxidation sites excluding steroid dienone is 1. The lowest BCUT2D eigenvalue weighted by molar-refractivity contribution is 0.346. The molecule has 0 saturated carbocycles. The maximum atomic E-state index is 6.17. The molecule has 1 aliphatic rings. The van der Waals surface area contributed by atoms with Crippen LogP contribution in [0.1, 0.15) is 65.7 Å². The third kappa shape index (κ3) is 5.99. The first-order valence-corrected chi connectivity index (χ1v) is 6.41. The van der Waals surface area contributed by atoms with Crippen molar-refractivity contribution >= 4 is 0 Å². The van der Waals surface area contributed by atoms with Gasteiger partial charge < -0.3 is 5.73 Å². The highest BCUT2D eigenvalue weighted by molar-refractivity contribution is 5.06. The molecule has 1 rings (SSSR count). The predicted molar refractivity (Wildman–Crippen MR) is 67.8 cm³/mol. The standard InChI is InChI=1S/C14H27N/c1-14(2,3)10-9-13(15)11-12-7-5-4-6-8-12/h7,13H,4-6,8-11,15H2,1-3H3. The van der Waals surface area contributed by atoms with Crippen LogP contribution in [0.4, 0.5) is 0 Å². The molecule has 1 heteroatoms. The number of hydrogen-bond acceptors (Lipinski definition) is 1. The third-order valence-corrected chi connectivity index (χ3v) is 3.17.